The maximum atomic E-state index is 12.1. The second kappa shape index (κ2) is 8.68. The molecule has 2 rings (SSSR count). The third kappa shape index (κ3) is 7.04. The van der Waals surface area contributed by atoms with E-state index in [1.807, 2.05) is 20.8 Å². The molecule has 1 heterocycles. The molecule has 25 heavy (non-hydrogen) atoms. The molecule has 0 bridgehead atoms. The first-order valence-electron chi connectivity index (χ1n) is 8.80. The Morgan fingerprint density at radius 1 is 1.24 bits per heavy atom. The molecular formula is C19H28ClN3O2. The Hall–Kier alpha value is -1.59. The van der Waals surface area contributed by atoms with Gasteiger partial charge in [-0.15, -0.1) is 0 Å². The maximum Gasteiger partial charge on any atom is 0.251 e. The highest BCUT2D eigenvalue weighted by molar-refractivity contribution is 6.30. The Kier molecular flexibility index (Phi) is 6.85. The number of carbonyl (C=O) groups is 2. The van der Waals surface area contributed by atoms with Gasteiger partial charge in [0.25, 0.3) is 5.91 Å². The second-order valence-electron chi connectivity index (χ2n) is 7.74. The first kappa shape index (κ1) is 19.7. The van der Waals surface area contributed by atoms with Crippen molar-refractivity contribution in [1.82, 2.24) is 15.5 Å². The molecule has 1 aliphatic heterocycles. The van der Waals surface area contributed by atoms with E-state index in [9.17, 15) is 9.59 Å². The molecule has 0 unspecified atom stereocenters. The summed E-state index contributed by atoms with van der Waals surface area (Å²) < 4.78 is 0. The fourth-order valence-electron chi connectivity index (χ4n) is 2.98. The summed E-state index contributed by atoms with van der Waals surface area (Å²) in [6, 6.07) is 6.97. The Bertz CT molecular complexity index is 605. The van der Waals surface area contributed by atoms with Crippen LogP contribution in [0.15, 0.2) is 24.3 Å². The molecule has 0 spiro atoms. The van der Waals surface area contributed by atoms with Gasteiger partial charge in [-0.25, -0.2) is 0 Å². The third-order valence-electron chi connectivity index (χ3n) is 4.23. The van der Waals surface area contributed by atoms with Crippen molar-refractivity contribution in [2.45, 2.75) is 39.2 Å². The van der Waals surface area contributed by atoms with Crippen LogP contribution in [0, 0.1) is 5.92 Å². The number of piperidine rings is 1. The highest BCUT2D eigenvalue weighted by Gasteiger charge is 2.22. The predicted molar refractivity (Wildman–Crippen MR) is 101 cm³/mol. The number of nitrogens with zero attached hydrogens (tertiary/aromatic N) is 1. The zero-order chi connectivity index (χ0) is 18.4. The van der Waals surface area contributed by atoms with Gasteiger partial charge in [0.15, 0.2) is 0 Å². The van der Waals surface area contributed by atoms with Gasteiger partial charge >= 0.3 is 0 Å². The number of nitrogens with one attached hydrogen (secondary N) is 2. The normalized spacial score (nSPS) is 16.5. The summed E-state index contributed by atoms with van der Waals surface area (Å²) in [6.07, 6.45) is 1.97. The molecule has 1 aromatic rings. The first-order chi connectivity index (χ1) is 11.7. The number of benzene rings is 1. The van der Waals surface area contributed by atoms with Crippen LogP contribution in [0.25, 0.3) is 0 Å². The van der Waals surface area contributed by atoms with E-state index in [4.69, 9.17) is 11.6 Å². The van der Waals surface area contributed by atoms with Crippen LogP contribution in [0.1, 0.15) is 44.0 Å². The van der Waals surface area contributed by atoms with Gasteiger partial charge in [0.05, 0.1) is 6.54 Å². The lowest BCUT2D eigenvalue weighted by Crippen LogP contribution is -2.48. The minimum Gasteiger partial charge on any atom is -0.352 e. The highest BCUT2D eigenvalue weighted by atomic mass is 35.5. The fourth-order valence-corrected chi connectivity index (χ4v) is 3.17. The highest BCUT2D eigenvalue weighted by Crippen LogP contribution is 2.17. The number of amides is 2. The van der Waals surface area contributed by atoms with E-state index in [-0.39, 0.29) is 17.4 Å². The second-order valence-corrected chi connectivity index (χ2v) is 8.17. The number of carbonyl (C=O) groups excluding carboxylic acids is 2. The lowest BCUT2D eigenvalue weighted by atomic mass is 9.96. The van der Waals surface area contributed by atoms with E-state index >= 15 is 0 Å². The summed E-state index contributed by atoms with van der Waals surface area (Å²) in [5.74, 6) is 0.430. The molecule has 1 fully saturated rings. The zero-order valence-corrected chi connectivity index (χ0v) is 16.0. The average Bonchev–Trinajstić information content (AvgIpc) is 2.52. The van der Waals surface area contributed by atoms with Crippen molar-refractivity contribution in [3.05, 3.63) is 34.9 Å². The summed E-state index contributed by atoms with van der Waals surface area (Å²) >= 11 is 5.92. The van der Waals surface area contributed by atoms with Crippen LogP contribution >= 0.6 is 11.6 Å². The van der Waals surface area contributed by atoms with Crippen molar-refractivity contribution in [3.63, 3.8) is 0 Å². The van der Waals surface area contributed by atoms with Crippen LogP contribution in [0.3, 0.4) is 0 Å². The predicted octanol–water partition coefficient (Wildman–Crippen LogP) is 2.70. The molecular weight excluding hydrogens is 338 g/mol. The minimum absolute atomic E-state index is 0.0696. The number of likely N-dealkylation sites (tertiary alicyclic amines) is 1. The molecule has 0 radical (unpaired) electrons. The first-order valence-corrected chi connectivity index (χ1v) is 9.18. The number of hydrogen-bond donors (Lipinski definition) is 2. The number of hydrogen-bond acceptors (Lipinski definition) is 3. The minimum atomic E-state index is -0.194. The zero-order valence-electron chi connectivity index (χ0n) is 15.3. The Morgan fingerprint density at radius 2 is 1.92 bits per heavy atom. The Balaban J connectivity index is 1.70. The summed E-state index contributed by atoms with van der Waals surface area (Å²) in [5.41, 5.74) is 0.392. The van der Waals surface area contributed by atoms with E-state index in [1.54, 1.807) is 24.3 Å². The topological polar surface area (TPSA) is 61.4 Å². The molecule has 2 N–H and O–H groups in total. The standard InChI is InChI=1S/C19H28ClN3O2/c1-19(2,3)22-17(24)13-23-9-7-14(8-10-23)12-21-18(25)15-5-4-6-16(20)11-15/h4-6,11,14H,7-10,12-13H2,1-3H3,(H,21,25)(H,22,24). The van der Waals surface area contributed by atoms with E-state index < -0.39 is 0 Å². The number of halogens is 1. The quantitative estimate of drug-likeness (QED) is 0.843. The van der Waals surface area contributed by atoms with Crippen LogP contribution in [0.2, 0.25) is 5.02 Å². The molecule has 1 aliphatic rings. The van der Waals surface area contributed by atoms with Crippen LogP contribution in [0.5, 0.6) is 0 Å². The molecule has 138 valence electrons. The van der Waals surface area contributed by atoms with Gasteiger partial charge in [0, 0.05) is 22.7 Å². The molecule has 0 saturated carbocycles. The van der Waals surface area contributed by atoms with Gasteiger partial charge in [0.1, 0.15) is 0 Å². The molecule has 1 aromatic carbocycles. The van der Waals surface area contributed by atoms with Crippen molar-refractivity contribution < 1.29 is 9.59 Å². The van der Waals surface area contributed by atoms with Crippen LogP contribution in [-0.4, -0.2) is 48.4 Å². The van der Waals surface area contributed by atoms with Crippen molar-refractivity contribution in [1.29, 1.82) is 0 Å². The van der Waals surface area contributed by atoms with Gasteiger partial charge in [0.2, 0.25) is 5.91 Å². The molecule has 0 atom stereocenters. The molecule has 0 aliphatic carbocycles. The van der Waals surface area contributed by atoms with Crippen molar-refractivity contribution in [3.8, 4) is 0 Å². The maximum absolute atomic E-state index is 12.1. The van der Waals surface area contributed by atoms with Gasteiger partial charge in [-0.05, 0) is 70.8 Å². The van der Waals surface area contributed by atoms with E-state index in [0.29, 0.717) is 29.6 Å². The van der Waals surface area contributed by atoms with Crippen molar-refractivity contribution in [2.24, 2.45) is 5.92 Å². The molecule has 5 nitrogen and oxygen atoms in total. The van der Waals surface area contributed by atoms with Crippen LogP contribution in [0.4, 0.5) is 0 Å². The van der Waals surface area contributed by atoms with Crippen molar-refractivity contribution in [2.75, 3.05) is 26.2 Å². The molecule has 2 amide bonds. The smallest absolute Gasteiger partial charge is 0.251 e. The Morgan fingerprint density at radius 3 is 2.52 bits per heavy atom. The molecule has 0 aromatic heterocycles. The SMILES string of the molecule is CC(C)(C)NC(=O)CN1CCC(CNC(=O)c2cccc(Cl)c2)CC1. The monoisotopic (exact) mass is 365 g/mol. The van der Waals surface area contributed by atoms with Crippen LogP contribution < -0.4 is 10.6 Å². The summed E-state index contributed by atoms with van der Waals surface area (Å²) in [7, 11) is 0. The van der Waals surface area contributed by atoms with Gasteiger partial charge < -0.3 is 10.6 Å². The molecule has 1 saturated heterocycles. The Labute approximate surface area is 155 Å². The summed E-state index contributed by atoms with van der Waals surface area (Å²) in [4.78, 5) is 26.3. The lowest BCUT2D eigenvalue weighted by Gasteiger charge is -2.32. The van der Waals surface area contributed by atoms with Crippen molar-refractivity contribution >= 4 is 23.4 Å². The van der Waals surface area contributed by atoms with Gasteiger partial charge in [-0.3, -0.25) is 14.5 Å². The summed E-state index contributed by atoms with van der Waals surface area (Å²) in [6.45, 7) is 8.83. The van der Waals surface area contributed by atoms with Crippen LogP contribution in [-0.2, 0) is 4.79 Å². The van der Waals surface area contributed by atoms with E-state index in [0.717, 1.165) is 25.9 Å². The largest absolute Gasteiger partial charge is 0.352 e. The van der Waals surface area contributed by atoms with E-state index in [2.05, 4.69) is 15.5 Å². The number of rotatable bonds is 5. The van der Waals surface area contributed by atoms with Gasteiger partial charge in [-0.1, -0.05) is 17.7 Å². The third-order valence-corrected chi connectivity index (χ3v) is 4.46. The van der Waals surface area contributed by atoms with Gasteiger partial charge in [-0.2, -0.15) is 0 Å². The van der Waals surface area contributed by atoms with E-state index in [1.165, 1.54) is 0 Å². The summed E-state index contributed by atoms with van der Waals surface area (Å²) in [5, 5.41) is 6.54. The fraction of sp³-hybridized carbons (Fsp3) is 0.579. The lowest BCUT2D eigenvalue weighted by molar-refractivity contribution is -0.124. The average molecular weight is 366 g/mol. The molecule has 6 heteroatoms.